The van der Waals surface area contributed by atoms with Crippen LogP contribution >= 0.6 is 15.9 Å². The number of halogens is 1. The lowest BCUT2D eigenvalue weighted by molar-refractivity contribution is 0.102. The number of aromatic nitrogens is 4. The van der Waals surface area contributed by atoms with Gasteiger partial charge in [-0.1, -0.05) is 12.1 Å². The van der Waals surface area contributed by atoms with Crippen molar-refractivity contribution in [3.63, 3.8) is 0 Å². The number of nitrogens with zero attached hydrogens (tertiary/aromatic N) is 4. The number of nitrogens with one attached hydrogen (secondary N) is 1. The number of carbonyl (C=O) groups is 1. The number of ether oxygens (including phenoxy) is 1. The van der Waals surface area contributed by atoms with Gasteiger partial charge in [-0.05, 0) is 33.6 Å². The quantitative estimate of drug-likeness (QED) is 0.727. The molecule has 0 saturated carbocycles. The summed E-state index contributed by atoms with van der Waals surface area (Å²) in [6.45, 7) is 0.584. The number of aryl methyl sites for hydroxylation is 1. The Labute approximate surface area is 147 Å². The summed E-state index contributed by atoms with van der Waals surface area (Å²) in [5.41, 5.74) is 2.00. The number of benzene rings is 1. The van der Waals surface area contributed by atoms with Gasteiger partial charge < -0.3 is 10.1 Å². The lowest BCUT2D eigenvalue weighted by atomic mass is 10.2. The summed E-state index contributed by atoms with van der Waals surface area (Å²) in [5.74, 6) is 0.511. The molecule has 3 rings (SSSR count). The predicted octanol–water partition coefficient (Wildman–Crippen LogP) is 2.69. The largest absolute Gasteiger partial charge is 0.497 e. The van der Waals surface area contributed by atoms with Crippen molar-refractivity contribution in [3.05, 3.63) is 58.6 Å². The van der Waals surface area contributed by atoms with E-state index < -0.39 is 0 Å². The van der Waals surface area contributed by atoms with Crippen molar-refractivity contribution >= 4 is 27.5 Å². The van der Waals surface area contributed by atoms with E-state index in [2.05, 4.69) is 31.4 Å². The molecule has 0 aliphatic heterocycles. The molecule has 3 aromatic rings. The van der Waals surface area contributed by atoms with Gasteiger partial charge >= 0.3 is 0 Å². The second-order valence-corrected chi connectivity index (χ2v) is 6.09. The number of rotatable bonds is 5. The van der Waals surface area contributed by atoms with Crippen molar-refractivity contribution in [2.45, 2.75) is 6.54 Å². The van der Waals surface area contributed by atoms with Crippen molar-refractivity contribution < 1.29 is 9.53 Å². The van der Waals surface area contributed by atoms with Crippen LogP contribution in [0.15, 0.2) is 47.3 Å². The van der Waals surface area contributed by atoms with Crippen LogP contribution in [0, 0.1) is 0 Å². The second kappa shape index (κ2) is 6.88. The van der Waals surface area contributed by atoms with Crippen molar-refractivity contribution in [1.82, 2.24) is 19.6 Å². The smallest absolute Gasteiger partial charge is 0.277 e. The molecule has 0 aliphatic carbocycles. The van der Waals surface area contributed by atoms with Crippen LogP contribution in [-0.2, 0) is 13.6 Å². The van der Waals surface area contributed by atoms with Gasteiger partial charge in [0.2, 0.25) is 0 Å². The first-order valence-electron chi connectivity index (χ1n) is 7.21. The third-order valence-electron chi connectivity index (χ3n) is 3.37. The van der Waals surface area contributed by atoms with Gasteiger partial charge in [0.25, 0.3) is 5.91 Å². The minimum atomic E-state index is -0.289. The Hall–Kier alpha value is -2.61. The van der Waals surface area contributed by atoms with E-state index in [1.165, 1.54) is 0 Å². The Morgan fingerprint density at radius 1 is 1.38 bits per heavy atom. The Balaban J connectivity index is 1.69. The maximum Gasteiger partial charge on any atom is 0.277 e. The molecule has 1 amide bonds. The second-order valence-electron chi connectivity index (χ2n) is 5.23. The molecule has 1 aromatic carbocycles. The molecule has 0 aliphatic rings. The van der Waals surface area contributed by atoms with E-state index in [9.17, 15) is 4.79 Å². The fourth-order valence-corrected chi connectivity index (χ4v) is 2.83. The minimum Gasteiger partial charge on any atom is -0.497 e. The molecule has 124 valence electrons. The molecular formula is C16H16BrN5O2. The zero-order valence-electron chi connectivity index (χ0n) is 13.2. The van der Waals surface area contributed by atoms with Crippen LogP contribution in [0.25, 0.3) is 0 Å². The normalized spacial score (nSPS) is 10.6. The van der Waals surface area contributed by atoms with E-state index in [0.717, 1.165) is 11.3 Å². The summed E-state index contributed by atoms with van der Waals surface area (Å²) in [6.07, 6.45) is 5.10. The van der Waals surface area contributed by atoms with Gasteiger partial charge in [-0.25, -0.2) is 0 Å². The standard InChI is InChI=1S/C16H16BrN5O2/c1-21-10-14(17)15(20-21)16(23)19-12-7-18-22(9-12)8-11-4-3-5-13(6-11)24-2/h3-7,9-10H,8H2,1-2H3,(H,19,23). The van der Waals surface area contributed by atoms with Crippen LogP contribution in [0.1, 0.15) is 16.1 Å². The molecule has 0 atom stereocenters. The number of amides is 1. The first-order chi connectivity index (χ1) is 11.5. The van der Waals surface area contributed by atoms with E-state index in [1.54, 1.807) is 42.1 Å². The van der Waals surface area contributed by atoms with Gasteiger partial charge in [-0.3, -0.25) is 14.2 Å². The lowest BCUT2D eigenvalue weighted by Crippen LogP contribution is -2.13. The van der Waals surface area contributed by atoms with E-state index in [4.69, 9.17) is 4.74 Å². The summed E-state index contributed by atoms with van der Waals surface area (Å²) in [4.78, 5) is 12.2. The average molecular weight is 390 g/mol. The molecule has 7 nitrogen and oxygen atoms in total. The third kappa shape index (κ3) is 3.65. The van der Waals surface area contributed by atoms with Crippen LogP contribution in [0.3, 0.4) is 0 Å². The van der Waals surface area contributed by atoms with Crippen LogP contribution in [0.5, 0.6) is 5.75 Å². The number of methoxy groups -OCH3 is 1. The molecule has 24 heavy (non-hydrogen) atoms. The van der Waals surface area contributed by atoms with E-state index in [1.807, 2.05) is 24.3 Å². The van der Waals surface area contributed by atoms with Crippen LogP contribution < -0.4 is 10.1 Å². The summed E-state index contributed by atoms with van der Waals surface area (Å²) in [5, 5.41) is 11.2. The number of carbonyl (C=O) groups excluding carboxylic acids is 1. The molecule has 0 spiro atoms. The van der Waals surface area contributed by atoms with Gasteiger partial charge in [-0.2, -0.15) is 10.2 Å². The number of hydrogen-bond acceptors (Lipinski definition) is 4. The monoisotopic (exact) mass is 389 g/mol. The number of anilines is 1. The fourth-order valence-electron chi connectivity index (χ4n) is 2.28. The van der Waals surface area contributed by atoms with Crippen molar-refractivity contribution in [3.8, 4) is 5.75 Å². The van der Waals surface area contributed by atoms with Gasteiger partial charge in [-0.15, -0.1) is 0 Å². The zero-order chi connectivity index (χ0) is 17.1. The Kier molecular flexibility index (Phi) is 4.66. The molecule has 2 aromatic heterocycles. The van der Waals surface area contributed by atoms with Crippen LogP contribution in [0.4, 0.5) is 5.69 Å². The lowest BCUT2D eigenvalue weighted by Gasteiger charge is -2.04. The van der Waals surface area contributed by atoms with Crippen molar-refractivity contribution in [2.75, 3.05) is 12.4 Å². The van der Waals surface area contributed by atoms with E-state index in [0.29, 0.717) is 22.4 Å². The molecule has 0 radical (unpaired) electrons. The molecule has 0 saturated heterocycles. The van der Waals surface area contributed by atoms with E-state index >= 15 is 0 Å². The molecule has 0 bridgehead atoms. The highest BCUT2D eigenvalue weighted by atomic mass is 79.9. The maximum atomic E-state index is 12.2. The maximum absolute atomic E-state index is 12.2. The average Bonchev–Trinajstić information content (AvgIpc) is 3.13. The summed E-state index contributed by atoms with van der Waals surface area (Å²) >= 11 is 3.32. The first kappa shape index (κ1) is 16.3. The Morgan fingerprint density at radius 2 is 2.21 bits per heavy atom. The van der Waals surface area contributed by atoms with Gasteiger partial charge in [0.05, 0.1) is 30.0 Å². The predicted molar refractivity (Wildman–Crippen MR) is 93.2 cm³/mol. The summed E-state index contributed by atoms with van der Waals surface area (Å²) < 4.78 is 9.18. The van der Waals surface area contributed by atoms with Crippen LogP contribution in [-0.4, -0.2) is 32.6 Å². The Bertz CT molecular complexity index is 871. The zero-order valence-corrected chi connectivity index (χ0v) is 14.8. The molecule has 0 fully saturated rings. The Morgan fingerprint density at radius 3 is 2.92 bits per heavy atom. The summed E-state index contributed by atoms with van der Waals surface area (Å²) in [6, 6.07) is 7.76. The first-order valence-corrected chi connectivity index (χ1v) is 8.00. The molecule has 8 heteroatoms. The molecular weight excluding hydrogens is 374 g/mol. The summed E-state index contributed by atoms with van der Waals surface area (Å²) in [7, 11) is 3.39. The van der Waals surface area contributed by atoms with Gasteiger partial charge in [0.15, 0.2) is 5.69 Å². The highest BCUT2D eigenvalue weighted by Gasteiger charge is 2.15. The van der Waals surface area contributed by atoms with Gasteiger partial charge in [0.1, 0.15) is 5.75 Å². The van der Waals surface area contributed by atoms with Crippen molar-refractivity contribution in [1.29, 1.82) is 0 Å². The van der Waals surface area contributed by atoms with E-state index in [-0.39, 0.29) is 5.91 Å². The van der Waals surface area contributed by atoms with Crippen LogP contribution in [0.2, 0.25) is 0 Å². The SMILES string of the molecule is COc1cccc(Cn2cc(NC(=O)c3nn(C)cc3Br)cn2)c1. The van der Waals surface area contributed by atoms with Crippen molar-refractivity contribution in [2.24, 2.45) is 7.05 Å². The molecule has 1 N–H and O–H groups in total. The third-order valence-corrected chi connectivity index (χ3v) is 3.95. The molecule has 2 heterocycles. The number of hydrogen-bond donors (Lipinski definition) is 1. The highest BCUT2D eigenvalue weighted by molar-refractivity contribution is 9.10. The minimum absolute atomic E-state index is 0.289. The van der Waals surface area contributed by atoms with Gasteiger partial charge in [0, 0.05) is 19.4 Å². The fraction of sp³-hybridized carbons (Fsp3) is 0.188. The highest BCUT2D eigenvalue weighted by Crippen LogP contribution is 2.17. The topological polar surface area (TPSA) is 74.0 Å². The molecule has 0 unspecified atom stereocenters.